The van der Waals surface area contributed by atoms with Crippen LogP contribution in [0.4, 0.5) is 0 Å². The average Bonchev–Trinajstić information content (AvgIpc) is 2.89. The minimum Gasteiger partial charge on any atom is -0.207 e. The Hall–Kier alpha value is -0.580. The maximum atomic E-state index is 12.8. The van der Waals surface area contributed by atoms with Gasteiger partial charge >= 0.3 is 0 Å². The Bertz CT molecular complexity index is 584. The van der Waals surface area contributed by atoms with E-state index in [1.807, 2.05) is 19.1 Å². The van der Waals surface area contributed by atoms with Gasteiger partial charge in [-0.2, -0.15) is 4.31 Å². The van der Waals surface area contributed by atoms with Crippen molar-refractivity contribution in [2.45, 2.75) is 38.0 Å². The summed E-state index contributed by atoms with van der Waals surface area (Å²) in [5, 5.41) is 0. The molecule has 0 amide bonds. The molecule has 0 saturated carbocycles. The van der Waals surface area contributed by atoms with Gasteiger partial charge in [0.1, 0.15) is 0 Å². The van der Waals surface area contributed by atoms with Gasteiger partial charge in [-0.15, -0.1) is 11.6 Å². The molecule has 3 nitrogen and oxygen atoms in total. The van der Waals surface area contributed by atoms with Gasteiger partial charge in [0.25, 0.3) is 0 Å². The van der Waals surface area contributed by atoms with Gasteiger partial charge in [0, 0.05) is 19.0 Å². The van der Waals surface area contributed by atoms with Gasteiger partial charge in [-0.05, 0) is 42.4 Å². The number of alkyl halides is 1. The van der Waals surface area contributed by atoms with Gasteiger partial charge in [-0.25, -0.2) is 8.42 Å². The summed E-state index contributed by atoms with van der Waals surface area (Å²) in [5.74, 6) is 1.31. The maximum absolute atomic E-state index is 12.8. The van der Waals surface area contributed by atoms with E-state index in [1.54, 1.807) is 10.4 Å². The monoisotopic (exact) mass is 315 g/mol. The predicted molar refractivity (Wildman–Crippen MR) is 82.4 cm³/mol. The highest BCUT2D eigenvalue weighted by atomic mass is 35.5. The fourth-order valence-electron chi connectivity index (χ4n) is 2.66. The van der Waals surface area contributed by atoms with E-state index in [4.69, 9.17) is 11.6 Å². The molecule has 1 heterocycles. The highest BCUT2D eigenvalue weighted by Gasteiger charge is 2.34. The number of aryl methyl sites for hydroxylation is 1. The Morgan fingerprint density at radius 1 is 1.40 bits per heavy atom. The van der Waals surface area contributed by atoms with Crippen molar-refractivity contribution >= 4 is 21.6 Å². The van der Waals surface area contributed by atoms with Gasteiger partial charge in [0.15, 0.2) is 0 Å². The molecular formula is C15H22ClNO2S. The zero-order valence-electron chi connectivity index (χ0n) is 12.3. The zero-order chi connectivity index (χ0) is 14.9. The second-order valence-electron chi connectivity index (χ2n) is 5.89. The molecule has 0 spiro atoms. The van der Waals surface area contributed by atoms with Crippen LogP contribution in [0.5, 0.6) is 0 Å². The number of halogens is 1. The molecule has 0 aromatic heterocycles. The fourth-order valence-corrected chi connectivity index (χ4v) is 4.61. The first-order valence-electron chi connectivity index (χ1n) is 7.02. The van der Waals surface area contributed by atoms with E-state index in [0.717, 1.165) is 17.5 Å². The molecule has 20 heavy (non-hydrogen) atoms. The van der Waals surface area contributed by atoms with Crippen LogP contribution in [0, 0.1) is 18.8 Å². The van der Waals surface area contributed by atoms with Crippen LogP contribution in [0.1, 0.15) is 31.4 Å². The molecule has 1 aliphatic heterocycles. The van der Waals surface area contributed by atoms with Crippen molar-refractivity contribution < 1.29 is 8.42 Å². The molecule has 1 unspecified atom stereocenters. The number of rotatable bonds is 4. The van der Waals surface area contributed by atoms with E-state index >= 15 is 0 Å². The first-order valence-corrected chi connectivity index (χ1v) is 8.99. The third kappa shape index (κ3) is 3.02. The normalized spacial score (nSPS) is 20.8. The summed E-state index contributed by atoms with van der Waals surface area (Å²) in [4.78, 5) is 0.403. The third-order valence-electron chi connectivity index (χ3n) is 4.15. The molecule has 5 heteroatoms. The molecular weight excluding hydrogens is 294 g/mol. The summed E-state index contributed by atoms with van der Waals surface area (Å²) < 4.78 is 27.2. The van der Waals surface area contributed by atoms with Gasteiger partial charge in [0.05, 0.1) is 4.90 Å². The van der Waals surface area contributed by atoms with Gasteiger partial charge in [-0.3, -0.25) is 0 Å². The Kier molecular flexibility index (Phi) is 4.77. The second kappa shape index (κ2) is 6.04. The second-order valence-corrected chi connectivity index (χ2v) is 8.06. The third-order valence-corrected chi connectivity index (χ3v) is 6.47. The molecule has 1 atom stereocenters. The number of sulfonamides is 1. The number of hydrogen-bond donors (Lipinski definition) is 0. The van der Waals surface area contributed by atoms with Crippen LogP contribution in [0.15, 0.2) is 23.1 Å². The van der Waals surface area contributed by atoms with Gasteiger partial charge < -0.3 is 0 Å². The molecule has 1 aliphatic rings. The molecule has 1 saturated heterocycles. The van der Waals surface area contributed by atoms with E-state index in [-0.39, 0.29) is 0 Å². The summed E-state index contributed by atoms with van der Waals surface area (Å²) in [6, 6.07) is 5.42. The van der Waals surface area contributed by atoms with Crippen molar-refractivity contribution in [3.8, 4) is 0 Å². The number of nitrogens with zero attached hydrogens (tertiary/aromatic N) is 1. The SMILES string of the molecule is Cc1ccc(CCl)cc1S(=O)(=O)N1CCC(C(C)C)C1. The van der Waals surface area contributed by atoms with Crippen LogP contribution in [0.3, 0.4) is 0 Å². The predicted octanol–water partition coefficient (Wildman–Crippen LogP) is 3.40. The van der Waals surface area contributed by atoms with E-state index in [9.17, 15) is 8.42 Å². The molecule has 0 bridgehead atoms. The lowest BCUT2D eigenvalue weighted by Gasteiger charge is -2.19. The van der Waals surface area contributed by atoms with E-state index < -0.39 is 10.0 Å². The molecule has 0 N–H and O–H groups in total. The van der Waals surface area contributed by atoms with Crippen molar-refractivity contribution in [1.82, 2.24) is 4.31 Å². The summed E-state index contributed by atoms with van der Waals surface area (Å²) in [5.41, 5.74) is 1.63. The van der Waals surface area contributed by atoms with E-state index in [0.29, 0.717) is 35.7 Å². The Morgan fingerprint density at radius 2 is 2.10 bits per heavy atom. The first-order chi connectivity index (χ1) is 9.36. The average molecular weight is 316 g/mol. The van der Waals surface area contributed by atoms with Crippen molar-refractivity contribution in [2.75, 3.05) is 13.1 Å². The van der Waals surface area contributed by atoms with Crippen LogP contribution in [-0.2, 0) is 15.9 Å². The Labute approximate surface area is 127 Å². The van der Waals surface area contributed by atoms with Crippen molar-refractivity contribution in [3.63, 3.8) is 0 Å². The molecule has 1 aromatic carbocycles. The summed E-state index contributed by atoms with van der Waals surface area (Å²) in [6.45, 7) is 7.39. The molecule has 0 radical (unpaired) electrons. The van der Waals surface area contributed by atoms with Crippen molar-refractivity contribution in [2.24, 2.45) is 11.8 Å². The Morgan fingerprint density at radius 3 is 2.65 bits per heavy atom. The van der Waals surface area contributed by atoms with Crippen molar-refractivity contribution in [1.29, 1.82) is 0 Å². The molecule has 1 aromatic rings. The molecule has 0 aliphatic carbocycles. The van der Waals surface area contributed by atoms with Crippen LogP contribution < -0.4 is 0 Å². The lowest BCUT2D eigenvalue weighted by Crippen LogP contribution is -2.30. The maximum Gasteiger partial charge on any atom is 0.243 e. The topological polar surface area (TPSA) is 37.4 Å². The highest BCUT2D eigenvalue weighted by molar-refractivity contribution is 7.89. The lowest BCUT2D eigenvalue weighted by atomic mass is 9.96. The fraction of sp³-hybridized carbons (Fsp3) is 0.600. The van der Waals surface area contributed by atoms with Crippen LogP contribution in [-0.4, -0.2) is 25.8 Å². The summed E-state index contributed by atoms with van der Waals surface area (Å²) >= 11 is 5.82. The quantitative estimate of drug-likeness (QED) is 0.799. The van der Waals surface area contributed by atoms with E-state index in [1.165, 1.54) is 0 Å². The first kappa shape index (κ1) is 15.8. The standard InChI is InChI=1S/C15H22ClNO2S/c1-11(2)14-6-7-17(10-14)20(18,19)15-8-13(9-16)5-4-12(15)3/h4-5,8,11,14H,6-7,9-10H2,1-3H3. The number of benzene rings is 1. The van der Waals surface area contributed by atoms with Gasteiger partial charge in [-0.1, -0.05) is 26.0 Å². The van der Waals surface area contributed by atoms with Crippen molar-refractivity contribution in [3.05, 3.63) is 29.3 Å². The zero-order valence-corrected chi connectivity index (χ0v) is 13.8. The molecule has 2 rings (SSSR count). The highest BCUT2D eigenvalue weighted by Crippen LogP contribution is 2.30. The number of hydrogen-bond acceptors (Lipinski definition) is 2. The summed E-state index contributed by atoms with van der Waals surface area (Å²) in [6.07, 6.45) is 0.950. The van der Waals surface area contributed by atoms with Crippen LogP contribution in [0.25, 0.3) is 0 Å². The van der Waals surface area contributed by atoms with Crippen LogP contribution >= 0.6 is 11.6 Å². The largest absolute Gasteiger partial charge is 0.243 e. The lowest BCUT2D eigenvalue weighted by molar-refractivity contribution is 0.388. The summed E-state index contributed by atoms with van der Waals surface area (Å²) in [7, 11) is -3.39. The molecule has 112 valence electrons. The van der Waals surface area contributed by atoms with E-state index in [2.05, 4.69) is 13.8 Å². The smallest absolute Gasteiger partial charge is 0.207 e. The van der Waals surface area contributed by atoms with Crippen LogP contribution in [0.2, 0.25) is 0 Å². The molecule has 1 fully saturated rings. The Balaban J connectivity index is 2.32. The minimum absolute atomic E-state index is 0.331. The minimum atomic E-state index is -3.39. The van der Waals surface area contributed by atoms with Gasteiger partial charge in [0.2, 0.25) is 10.0 Å².